The van der Waals surface area contributed by atoms with Crippen LogP contribution in [0.1, 0.15) is 24.8 Å². The summed E-state index contributed by atoms with van der Waals surface area (Å²) in [6.45, 7) is 1.97. The van der Waals surface area contributed by atoms with E-state index in [9.17, 15) is 0 Å². The van der Waals surface area contributed by atoms with E-state index in [4.69, 9.17) is 5.73 Å². The van der Waals surface area contributed by atoms with E-state index < -0.39 is 0 Å². The highest BCUT2D eigenvalue weighted by molar-refractivity contribution is 5.53. The van der Waals surface area contributed by atoms with Gasteiger partial charge >= 0.3 is 0 Å². The molecule has 1 aliphatic carbocycles. The Bertz CT molecular complexity index is 305. The van der Waals surface area contributed by atoms with Gasteiger partial charge in [-0.1, -0.05) is 0 Å². The second-order valence-corrected chi connectivity index (χ2v) is 3.70. The van der Waals surface area contributed by atoms with E-state index in [2.05, 4.69) is 10.3 Å². The van der Waals surface area contributed by atoms with E-state index in [1.165, 1.54) is 19.3 Å². The lowest BCUT2D eigenvalue weighted by atomic mass is 9.93. The van der Waals surface area contributed by atoms with Crippen LogP contribution < -0.4 is 11.1 Å². The molecule has 13 heavy (non-hydrogen) atoms. The molecule has 1 saturated carbocycles. The number of anilines is 2. The molecule has 1 heterocycles. The Morgan fingerprint density at radius 2 is 2.31 bits per heavy atom. The van der Waals surface area contributed by atoms with Crippen LogP contribution in [0.25, 0.3) is 0 Å². The molecule has 0 bridgehead atoms. The van der Waals surface area contributed by atoms with Crippen LogP contribution in [0.4, 0.5) is 11.5 Å². The molecule has 1 aromatic heterocycles. The quantitative estimate of drug-likeness (QED) is 0.725. The zero-order valence-electron chi connectivity index (χ0n) is 7.88. The van der Waals surface area contributed by atoms with Crippen molar-refractivity contribution in [3.8, 4) is 0 Å². The number of rotatable bonds is 2. The number of nitrogens with one attached hydrogen (secondary N) is 1. The van der Waals surface area contributed by atoms with Gasteiger partial charge < -0.3 is 11.1 Å². The number of hydrogen-bond donors (Lipinski definition) is 2. The summed E-state index contributed by atoms with van der Waals surface area (Å²) in [5.41, 5.74) is 7.63. The van der Waals surface area contributed by atoms with Gasteiger partial charge in [-0.05, 0) is 31.7 Å². The average molecular weight is 177 g/mol. The van der Waals surface area contributed by atoms with Crippen molar-refractivity contribution in [2.24, 2.45) is 0 Å². The number of hydrogen-bond acceptors (Lipinski definition) is 3. The first kappa shape index (κ1) is 8.35. The molecule has 1 fully saturated rings. The number of nitrogens with two attached hydrogens (primary N) is 1. The molecule has 2 rings (SSSR count). The minimum absolute atomic E-state index is 0.620. The van der Waals surface area contributed by atoms with Gasteiger partial charge in [0.1, 0.15) is 5.82 Å². The van der Waals surface area contributed by atoms with E-state index in [1.807, 2.05) is 19.2 Å². The van der Waals surface area contributed by atoms with Gasteiger partial charge in [0.15, 0.2) is 0 Å². The van der Waals surface area contributed by atoms with E-state index in [-0.39, 0.29) is 0 Å². The fourth-order valence-corrected chi connectivity index (χ4v) is 1.38. The summed E-state index contributed by atoms with van der Waals surface area (Å²) >= 11 is 0. The Kier molecular flexibility index (Phi) is 2.08. The molecule has 0 radical (unpaired) electrons. The highest BCUT2D eigenvalue weighted by atomic mass is 15.0. The van der Waals surface area contributed by atoms with Crippen LogP contribution in [0.2, 0.25) is 0 Å². The summed E-state index contributed by atoms with van der Waals surface area (Å²) in [7, 11) is 0. The fraction of sp³-hybridized carbons (Fsp3) is 0.500. The predicted octanol–water partition coefficient (Wildman–Crippen LogP) is 1.94. The van der Waals surface area contributed by atoms with Crippen LogP contribution in [0, 0.1) is 6.92 Å². The first-order valence-electron chi connectivity index (χ1n) is 4.74. The van der Waals surface area contributed by atoms with Gasteiger partial charge in [0.25, 0.3) is 0 Å². The van der Waals surface area contributed by atoms with Gasteiger partial charge in [-0.3, -0.25) is 0 Å². The number of nitrogens with zero attached hydrogens (tertiary/aromatic N) is 1. The highest BCUT2D eigenvalue weighted by Gasteiger charge is 2.17. The number of aryl methyl sites for hydroxylation is 1. The van der Waals surface area contributed by atoms with Crippen molar-refractivity contribution in [3.63, 3.8) is 0 Å². The van der Waals surface area contributed by atoms with E-state index in [0.29, 0.717) is 6.04 Å². The molecular weight excluding hydrogens is 162 g/mol. The minimum atomic E-state index is 0.620. The molecule has 0 unspecified atom stereocenters. The Morgan fingerprint density at radius 1 is 1.54 bits per heavy atom. The van der Waals surface area contributed by atoms with Crippen LogP contribution in [-0.2, 0) is 0 Å². The maximum atomic E-state index is 5.78. The maximum Gasteiger partial charge on any atom is 0.128 e. The van der Waals surface area contributed by atoms with E-state index >= 15 is 0 Å². The Balaban J connectivity index is 2.07. The largest absolute Gasteiger partial charge is 0.398 e. The second kappa shape index (κ2) is 3.24. The van der Waals surface area contributed by atoms with Crippen LogP contribution in [0.3, 0.4) is 0 Å². The molecule has 0 spiro atoms. The highest BCUT2D eigenvalue weighted by Crippen LogP contribution is 2.23. The lowest BCUT2D eigenvalue weighted by molar-refractivity contribution is 0.444. The smallest absolute Gasteiger partial charge is 0.128 e. The molecule has 3 heteroatoms. The van der Waals surface area contributed by atoms with Crippen molar-refractivity contribution >= 4 is 11.5 Å². The summed E-state index contributed by atoms with van der Waals surface area (Å²) in [5.74, 6) is 0.910. The average Bonchev–Trinajstić information content (AvgIpc) is 2.04. The van der Waals surface area contributed by atoms with E-state index in [0.717, 1.165) is 17.1 Å². The predicted molar refractivity (Wildman–Crippen MR) is 54.6 cm³/mol. The van der Waals surface area contributed by atoms with Crippen LogP contribution >= 0.6 is 0 Å². The summed E-state index contributed by atoms with van der Waals surface area (Å²) in [5, 5.41) is 3.36. The first-order valence-corrected chi connectivity index (χ1v) is 4.74. The monoisotopic (exact) mass is 177 g/mol. The van der Waals surface area contributed by atoms with Crippen molar-refractivity contribution in [2.45, 2.75) is 32.2 Å². The third-order valence-electron chi connectivity index (χ3n) is 2.60. The topological polar surface area (TPSA) is 50.9 Å². The molecule has 1 aliphatic rings. The molecule has 0 aliphatic heterocycles. The van der Waals surface area contributed by atoms with Gasteiger partial charge in [-0.15, -0.1) is 0 Å². The van der Waals surface area contributed by atoms with Crippen LogP contribution in [0.15, 0.2) is 12.3 Å². The number of nitrogen functional groups attached to an aromatic ring is 1. The zero-order valence-corrected chi connectivity index (χ0v) is 7.88. The molecule has 70 valence electrons. The normalized spacial score (nSPS) is 16.7. The molecule has 1 aromatic rings. The maximum absolute atomic E-state index is 5.78. The van der Waals surface area contributed by atoms with Gasteiger partial charge in [-0.25, -0.2) is 4.98 Å². The number of pyridine rings is 1. The third-order valence-corrected chi connectivity index (χ3v) is 2.60. The molecule has 3 N–H and O–H groups in total. The Morgan fingerprint density at radius 3 is 2.85 bits per heavy atom. The minimum Gasteiger partial charge on any atom is -0.398 e. The lowest BCUT2D eigenvalue weighted by Gasteiger charge is -2.27. The Labute approximate surface area is 78.4 Å². The first-order chi connectivity index (χ1) is 6.25. The molecular formula is C10H15N3. The van der Waals surface area contributed by atoms with E-state index in [1.54, 1.807) is 0 Å². The van der Waals surface area contributed by atoms with Crippen LogP contribution in [0.5, 0.6) is 0 Å². The summed E-state index contributed by atoms with van der Waals surface area (Å²) in [6, 6.07) is 2.53. The van der Waals surface area contributed by atoms with Crippen molar-refractivity contribution in [1.29, 1.82) is 0 Å². The molecule has 0 aromatic carbocycles. The fourth-order valence-electron chi connectivity index (χ4n) is 1.38. The standard InChI is InChI=1S/C10H15N3/c1-7-6-12-10(5-9(7)11)13-8-3-2-4-8/h5-6,8H,2-4H2,1H3,(H3,11,12,13). The van der Waals surface area contributed by atoms with Crippen molar-refractivity contribution in [1.82, 2.24) is 4.98 Å². The van der Waals surface area contributed by atoms with Gasteiger partial charge in [-0.2, -0.15) is 0 Å². The lowest BCUT2D eigenvalue weighted by Crippen LogP contribution is -2.27. The third kappa shape index (κ3) is 1.74. The zero-order chi connectivity index (χ0) is 9.26. The number of aromatic nitrogens is 1. The summed E-state index contributed by atoms with van der Waals surface area (Å²) < 4.78 is 0. The van der Waals surface area contributed by atoms with Crippen LogP contribution in [-0.4, -0.2) is 11.0 Å². The summed E-state index contributed by atoms with van der Waals surface area (Å²) in [6.07, 6.45) is 5.67. The molecule has 0 amide bonds. The Hall–Kier alpha value is -1.25. The van der Waals surface area contributed by atoms with Gasteiger partial charge in [0, 0.05) is 24.0 Å². The molecule has 3 nitrogen and oxygen atoms in total. The molecule has 0 atom stereocenters. The molecule has 0 saturated heterocycles. The summed E-state index contributed by atoms with van der Waals surface area (Å²) in [4.78, 5) is 4.27. The van der Waals surface area contributed by atoms with Crippen molar-refractivity contribution in [3.05, 3.63) is 17.8 Å². The van der Waals surface area contributed by atoms with Gasteiger partial charge in [0.05, 0.1) is 0 Å². The SMILES string of the molecule is Cc1cnc(NC2CCC2)cc1N. The van der Waals surface area contributed by atoms with Crippen molar-refractivity contribution < 1.29 is 0 Å². The second-order valence-electron chi connectivity index (χ2n) is 3.70. The van der Waals surface area contributed by atoms with Crippen molar-refractivity contribution in [2.75, 3.05) is 11.1 Å². The van der Waals surface area contributed by atoms with Gasteiger partial charge in [0.2, 0.25) is 0 Å².